The van der Waals surface area contributed by atoms with Crippen LogP contribution >= 0.6 is 11.6 Å². The molecule has 4 nitrogen and oxygen atoms in total. The Morgan fingerprint density at radius 3 is 2.90 bits per heavy atom. The van der Waals surface area contributed by atoms with Crippen molar-refractivity contribution in [2.45, 2.75) is 6.04 Å². The summed E-state index contributed by atoms with van der Waals surface area (Å²) in [4.78, 5) is 12.2. The van der Waals surface area contributed by atoms with E-state index in [1.54, 1.807) is 0 Å². The number of carbonyl (C=O) groups excluding carboxylic acids is 1. The maximum absolute atomic E-state index is 12.2. The van der Waals surface area contributed by atoms with Crippen LogP contribution in [0.15, 0.2) is 42.5 Å². The van der Waals surface area contributed by atoms with E-state index in [0.29, 0.717) is 12.2 Å². The van der Waals surface area contributed by atoms with E-state index < -0.39 is 0 Å². The van der Waals surface area contributed by atoms with Crippen molar-refractivity contribution in [3.05, 3.63) is 58.6 Å². The summed E-state index contributed by atoms with van der Waals surface area (Å²) in [6, 6.07) is 11.8. The number of aromatic hydroxyl groups is 1. The Labute approximate surface area is 120 Å². The van der Waals surface area contributed by atoms with E-state index in [1.165, 1.54) is 18.2 Å². The maximum Gasteiger partial charge on any atom is 0.251 e. The van der Waals surface area contributed by atoms with Crippen molar-refractivity contribution >= 4 is 17.5 Å². The molecular weight excluding hydrogens is 278 g/mol. The molecule has 1 amide bonds. The van der Waals surface area contributed by atoms with Gasteiger partial charge in [-0.1, -0.05) is 29.8 Å². The molecule has 1 aliphatic rings. The zero-order valence-corrected chi connectivity index (χ0v) is 11.2. The molecule has 20 heavy (non-hydrogen) atoms. The molecule has 0 saturated carbocycles. The van der Waals surface area contributed by atoms with E-state index >= 15 is 0 Å². The summed E-state index contributed by atoms with van der Waals surface area (Å²) in [5.41, 5.74) is 1.36. The van der Waals surface area contributed by atoms with Gasteiger partial charge in [0.25, 0.3) is 5.91 Å². The average molecular weight is 290 g/mol. The maximum atomic E-state index is 12.2. The van der Waals surface area contributed by atoms with Crippen molar-refractivity contribution in [1.29, 1.82) is 0 Å². The van der Waals surface area contributed by atoms with E-state index in [2.05, 4.69) is 5.32 Å². The molecule has 1 aliphatic heterocycles. The number of halogens is 1. The number of hydrogen-bond donors (Lipinski definition) is 2. The third-order valence-corrected chi connectivity index (χ3v) is 3.52. The molecule has 3 rings (SSSR count). The Kier molecular flexibility index (Phi) is 3.24. The number of rotatable bonds is 2. The Morgan fingerprint density at radius 1 is 1.30 bits per heavy atom. The van der Waals surface area contributed by atoms with Crippen LogP contribution in [-0.4, -0.2) is 17.6 Å². The van der Waals surface area contributed by atoms with E-state index in [9.17, 15) is 9.90 Å². The molecule has 0 aromatic heterocycles. The van der Waals surface area contributed by atoms with Crippen LogP contribution in [0.4, 0.5) is 0 Å². The summed E-state index contributed by atoms with van der Waals surface area (Å²) in [5.74, 6) is 0.497. The highest BCUT2D eigenvalue weighted by Crippen LogP contribution is 2.32. The average Bonchev–Trinajstić information content (AvgIpc) is 2.85. The fourth-order valence-electron chi connectivity index (χ4n) is 2.17. The molecule has 2 aromatic rings. The molecular formula is C15H12ClNO3. The molecule has 0 radical (unpaired) electrons. The highest BCUT2D eigenvalue weighted by molar-refractivity contribution is 6.32. The fourth-order valence-corrected chi connectivity index (χ4v) is 2.35. The number of hydrogen-bond acceptors (Lipinski definition) is 3. The first-order valence-corrected chi connectivity index (χ1v) is 6.54. The van der Waals surface area contributed by atoms with E-state index in [0.717, 1.165) is 11.3 Å². The summed E-state index contributed by atoms with van der Waals surface area (Å²) in [7, 11) is 0. The monoisotopic (exact) mass is 289 g/mol. The lowest BCUT2D eigenvalue weighted by atomic mass is 10.1. The molecule has 0 saturated heterocycles. The second kappa shape index (κ2) is 5.06. The minimum Gasteiger partial charge on any atom is -0.506 e. The van der Waals surface area contributed by atoms with E-state index in [-0.39, 0.29) is 22.7 Å². The van der Waals surface area contributed by atoms with Crippen molar-refractivity contribution in [2.75, 3.05) is 6.61 Å². The van der Waals surface area contributed by atoms with Gasteiger partial charge in [0.15, 0.2) is 0 Å². The van der Waals surface area contributed by atoms with Gasteiger partial charge in [0.1, 0.15) is 18.1 Å². The molecule has 2 aromatic carbocycles. The molecule has 102 valence electrons. The van der Waals surface area contributed by atoms with Crippen LogP contribution in [0.1, 0.15) is 22.0 Å². The third-order valence-electron chi connectivity index (χ3n) is 3.22. The van der Waals surface area contributed by atoms with Crippen LogP contribution in [0.5, 0.6) is 11.5 Å². The van der Waals surface area contributed by atoms with Gasteiger partial charge in [-0.05, 0) is 24.3 Å². The molecule has 1 atom stereocenters. The topological polar surface area (TPSA) is 58.6 Å². The van der Waals surface area contributed by atoms with Gasteiger partial charge < -0.3 is 15.2 Å². The third kappa shape index (κ3) is 2.30. The van der Waals surface area contributed by atoms with Gasteiger partial charge >= 0.3 is 0 Å². The zero-order valence-electron chi connectivity index (χ0n) is 10.5. The SMILES string of the molecule is O=C(NC1COc2ccccc21)c1ccc(O)c(Cl)c1. The van der Waals surface area contributed by atoms with Gasteiger partial charge in [-0.3, -0.25) is 4.79 Å². The number of benzene rings is 2. The first kappa shape index (κ1) is 12.8. The standard InChI is InChI=1S/C15H12ClNO3/c16-11-7-9(5-6-13(11)18)15(19)17-12-8-20-14-4-2-1-3-10(12)14/h1-7,12,18H,8H2,(H,17,19). The Balaban J connectivity index is 1.79. The van der Waals surface area contributed by atoms with Gasteiger partial charge in [-0.25, -0.2) is 0 Å². The summed E-state index contributed by atoms with van der Waals surface area (Å²) >= 11 is 5.80. The van der Waals surface area contributed by atoms with Gasteiger partial charge in [0, 0.05) is 11.1 Å². The highest BCUT2D eigenvalue weighted by atomic mass is 35.5. The lowest BCUT2D eigenvalue weighted by Gasteiger charge is -2.12. The number of phenolic OH excluding ortho intramolecular Hbond substituents is 1. The molecule has 1 unspecified atom stereocenters. The number of carbonyl (C=O) groups is 1. The van der Waals surface area contributed by atoms with Gasteiger partial charge in [-0.15, -0.1) is 0 Å². The van der Waals surface area contributed by atoms with E-state index in [4.69, 9.17) is 16.3 Å². The predicted octanol–water partition coefficient (Wildman–Crippen LogP) is 2.91. The largest absolute Gasteiger partial charge is 0.506 e. The summed E-state index contributed by atoms with van der Waals surface area (Å²) in [5, 5.41) is 12.4. The van der Waals surface area contributed by atoms with Crippen LogP contribution in [0.2, 0.25) is 5.02 Å². The molecule has 0 aliphatic carbocycles. The molecule has 0 fully saturated rings. The van der Waals surface area contributed by atoms with Gasteiger partial charge in [-0.2, -0.15) is 0 Å². The van der Waals surface area contributed by atoms with Crippen molar-refractivity contribution in [3.8, 4) is 11.5 Å². The first-order chi connectivity index (χ1) is 9.65. The fraction of sp³-hybridized carbons (Fsp3) is 0.133. The Bertz CT molecular complexity index is 672. The van der Waals surface area contributed by atoms with Crippen LogP contribution in [0, 0.1) is 0 Å². The molecule has 2 N–H and O–H groups in total. The van der Waals surface area contributed by atoms with Crippen molar-refractivity contribution < 1.29 is 14.6 Å². The van der Waals surface area contributed by atoms with Crippen LogP contribution in [0.3, 0.4) is 0 Å². The quantitative estimate of drug-likeness (QED) is 0.894. The summed E-state index contributed by atoms with van der Waals surface area (Å²) < 4.78 is 5.51. The number of amides is 1. The van der Waals surface area contributed by atoms with Crippen LogP contribution in [0.25, 0.3) is 0 Å². The summed E-state index contributed by atoms with van der Waals surface area (Å²) in [6.45, 7) is 0.414. The minimum absolute atomic E-state index is 0.0437. The Morgan fingerprint density at radius 2 is 2.10 bits per heavy atom. The Hall–Kier alpha value is -2.20. The number of phenols is 1. The number of nitrogens with one attached hydrogen (secondary N) is 1. The minimum atomic E-state index is -0.253. The number of ether oxygens (including phenoxy) is 1. The summed E-state index contributed by atoms with van der Waals surface area (Å²) in [6.07, 6.45) is 0. The van der Waals surface area contributed by atoms with Gasteiger partial charge in [0.05, 0.1) is 11.1 Å². The smallest absolute Gasteiger partial charge is 0.251 e. The van der Waals surface area contributed by atoms with Crippen LogP contribution < -0.4 is 10.1 Å². The normalized spacial score (nSPS) is 16.4. The van der Waals surface area contributed by atoms with Crippen LogP contribution in [-0.2, 0) is 0 Å². The predicted molar refractivity (Wildman–Crippen MR) is 75.3 cm³/mol. The number of para-hydroxylation sites is 1. The lowest BCUT2D eigenvalue weighted by molar-refractivity contribution is 0.0930. The van der Waals surface area contributed by atoms with Gasteiger partial charge in [0.2, 0.25) is 0 Å². The van der Waals surface area contributed by atoms with E-state index in [1.807, 2.05) is 24.3 Å². The molecule has 0 bridgehead atoms. The molecule has 5 heteroatoms. The first-order valence-electron chi connectivity index (χ1n) is 6.16. The van der Waals surface area contributed by atoms with Crippen molar-refractivity contribution in [3.63, 3.8) is 0 Å². The highest BCUT2D eigenvalue weighted by Gasteiger charge is 2.25. The van der Waals surface area contributed by atoms with Crippen molar-refractivity contribution in [2.24, 2.45) is 0 Å². The number of fused-ring (bicyclic) bond motifs is 1. The lowest BCUT2D eigenvalue weighted by Crippen LogP contribution is -2.29. The molecule has 0 spiro atoms. The second-order valence-electron chi connectivity index (χ2n) is 4.54. The zero-order chi connectivity index (χ0) is 14.1. The van der Waals surface area contributed by atoms with Crippen molar-refractivity contribution in [1.82, 2.24) is 5.32 Å². The second-order valence-corrected chi connectivity index (χ2v) is 4.95. The molecule has 1 heterocycles.